The average Bonchev–Trinajstić information content (AvgIpc) is 2.63. The standard InChI is InChI=1S/C20H32O6/c1-25-20(24)16-14-17(22)19(18(23)15-16)26-13-11-9-7-5-3-2-4-6-8-10-12-21/h14-15,21-23H,2-13H2,1H3. The van der Waals surface area contributed by atoms with Crippen molar-refractivity contribution in [2.24, 2.45) is 0 Å². The zero-order valence-electron chi connectivity index (χ0n) is 15.7. The quantitative estimate of drug-likeness (QED) is 0.337. The van der Waals surface area contributed by atoms with E-state index >= 15 is 0 Å². The zero-order valence-corrected chi connectivity index (χ0v) is 15.7. The highest BCUT2D eigenvalue weighted by Gasteiger charge is 2.15. The summed E-state index contributed by atoms with van der Waals surface area (Å²) in [6, 6.07) is 2.45. The molecule has 0 unspecified atom stereocenters. The van der Waals surface area contributed by atoms with Crippen molar-refractivity contribution in [1.29, 1.82) is 0 Å². The maximum absolute atomic E-state index is 11.4. The number of benzene rings is 1. The van der Waals surface area contributed by atoms with Gasteiger partial charge < -0.3 is 24.8 Å². The molecule has 0 bridgehead atoms. The van der Waals surface area contributed by atoms with E-state index in [0.717, 1.165) is 32.1 Å². The molecular formula is C20H32O6. The number of hydrogen-bond donors (Lipinski definition) is 3. The largest absolute Gasteiger partial charge is 0.504 e. The summed E-state index contributed by atoms with van der Waals surface area (Å²) in [7, 11) is 1.23. The molecule has 0 amide bonds. The van der Waals surface area contributed by atoms with Crippen LogP contribution >= 0.6 is 0 Å². The number of ether oxygens (including phenoxy) is 2. The van der Waals surface area contributed by atoms with E-state index in [2.05, 4.69) is 4.74 Å². The van der Waals surface area contributed by atoms with Gasteiger partial charge in [-0.25, -0.2) is 4.79 Å². The number of methoxy groups -OCH3 is 1. The summed E-state index contributed by atoms with van der Waals surface area (Å²) in [5.74, 6) is -1.17. The average molecular weight is 368 g/mol. The summed E-state index contributed by atoms with van der Waals surface area (Å²) in [5.41, 5.74) is 0.0752. The molecule has 0 heterocycles. The van der Waals surface area contributed by atoms with E-state index in [1.165, 1.54) is 51.3 Å². The van der Waals surface area contributed by atoms with E-state index in [0.29, 0.717) is 13.2 Å². The molecule has 0 saturated carbocycles. The first-order valence-electron chi connectivity index (χ1n) is 9.48. The van der Waals surface area contributed by atoms with Gasteiger partial charge in [-0.2, -0.15) is 0 Å². The maximum Gasteiger partial charge on any atom is 0.338 e. The number of phenols is 2. The Kier molecular flexibility index (Phi) is 11.3. The lowest BCUT2D eigenvalue weighted by Gasteiger charge is -2.11. The first-order chi connectivity index (χ1) is 12.6. The molecule has 6 nitrogen and oxygen atoms in total. The lowest BCUT2D eigenvalue weighted by Crippen LogP contribution is -2.03. The second kappa shape index (κ2) is 13.3. The summed E-state index contributed by atoms with van der Waals surface area (Å²) >= 11 is 0. The number of rotatable bonds is 14. The van der Waals surface area contributed by atoms with Gasteiger partial charge in [-0.15, -0.1) is 0 Å². The van der Waals surface area contributed by atoms with E-state index in [9.17, 15) is 15.0 Å². The Morgan fingerprint density at radius 3 is 1.77 bits per heavy atom. The van der Waals surface area contributed by atoms with Crippen LogP contribution in [-0.4, -0.2) is 41.6 Å². The van der Waals surface area contributed by atoms with Gasteiger partial charge in [-0.05, 0) is 25.0 Å². The van der Waals surface area contributed by atoms with Crippen molar-refractivity contribution in [3.8, 4) is 17.2 Å². The fourth-order valence-corrected chi connectivity index (χ4v) is 2.78. The lowest BCUT2D eigenvalue weighted by molar-refractivity contribution is 0.0599. The Bertz CT molecular complexity index is 506. The van der Waals surface area contributed by atoms with Crippen molar-refractivity contribution in [3.05, 3.63) is 17.7 Å². The summed E-state index contributed by atoms with van der Waals surface area (Å²) in [6.45, 7) is 0.701. The molecule has 0 aromatic heterocycles. The molecule has 0 saturated heterocycles. The number of unbranched alkanes of at least 4 members (excludes halogenated alkanes) is 9. The summed E-state index contributed by atoms with van der Waals surface area (Å²) < 4.78 is 10.00. The Hall–Kier alpha value is -1.95. The Balaban J connectivity index is 2.14. The van der Waals surface area contributed by atoms with E-state index in [-0.39, 0.29) is 22.8 Å². The van der Waals surface area contributed by atoms with Crippen molar-refractivity contribution >= 4 is 5.97 Å². The van der Waals surface area contributed by atoms with Gasteiger partial charge in [-0.3, -0.25) is 0 Å². The first-order valence-corrected chi connectivity index (χ1v) is 9.48. The monoisotopic (exact) mass is 368 g/mol. The van der Waals surface area contributed by atoms with Crippen LogP contribution in [0.15, 0.2) is 12.1 Å². The molecule has 1 aromatic rings. The molecule has 1 aromatic carbocycles. The van der Waals surface area contributed by atoms with Crippen molar-refractivity contribution in [2.75, 3.05) is 20.3 Å². The van der Waals surface area contributed by atoms with Gasteiger partial charge in [0.25, 0.3) is 0 Å². The topological polar surface area (TPSA) is 96.2 Å². The third-order valence-electron chi connectivity index (χ3n) is 4.27. The van der Waals surface area contributed by atoms with E-state index in [4.69, 9.17) is 9.84 Å². The van der Waals surface area contributed by atoms with Crippen molar-refractivity contribution in [1.82, 2.24) is 0 Å². The molecule has 0 radical (unpaired) electrons. The molecule has 0 atom stereocenters. The normalized spacial score (nSPS) is 10.7. The van der Waals surface area contributed by atoms with Gasteiger partial charge in [0, 0.05) is 6.61 Å². The van der Waals surface area contributed by atoms with Crippen LogP contribution in [0.3, 0.4) is 0 Å². The van der Waals surface area contributed by atoms with Crippen LogP contribution < -0.4 is 4.74 Å². The smallest absolute Gasteiger partial charge is 0.338 e. The minimum absolute atomic E-state index is 0.000493. The summed E-state index contributed by atoms with van der Waals surface area (Å²) in [4.78, 5) is 11.4. The van der Waals surface area contributed by atoms with E-state index in [1.54, 1.807) is 0 Å². The predicted molar refractivity (Wildman–Crippen MR) is 99.9 cm³/mol. The second-order valence-electron chi connectivity index (χ2n) is 6.44. The van der Waals surface area contributed by atoms with E-state index in [1.807, 2.05) is 0 Å². The number of aliphatic hydroxyl groups is 1. The van der Waals surface area contributed by atoms with E-state index < -0.39 is 5.97 Å². The molecule has 0 fully saturated rings. The van der Waals surface area contributed by atoms with Crippen LogP contribution in [0.1, 0.15) is 74.6 Å². The van der Waals surface area contributed by atoms with Crippen LogP contribution in [0.25, 0.3) is 0 Å². The molecular weight excluding hydrogens is 336 g/mol. The van der Waals surface area contributed by atoms with Crippen LogP contribution in [0, 0.1) is 0 Å². The van der Waals surface area contributed by atoms with Gasteiger partial charge in [0.05, 0.1) is 19.3 Å². The van der Waals surface area contributed by atoms with Crippen LogP contribution in [0.4, 0.5) is 0 Å². The molecule has 6 heteroatoms. The predicted octanol–water partition coefficient (Wildman–Crippen LogP) is 4.16. The minimum atomic E-state index is -0.629. The van der Waals surface area contributed by atoms with Crippen molar-refractivity contribution in [2.45, 2.75) is 64.2 Å². The number of carbonyl (C=O) groups is 1. The molecule has 26 heavy (non-hydrogen) atoms. The van der Waals surface area contributed by atoms with Gasteiger partial charge in [0.15, 0.2) is 11.5 Å². The first kappa shape index (κ1) is 22.1. The van der Waals surface area contributed by atoms with Crippen LogP contribution in [0.5, 0.6) is 17.2 Å². The highest BCUT2D eigenvalue weighted by molar-refractivity contribution is 5.91. The Morgan fingerprint density at radius 2 is 1.31 bits per heavy atom. The number of carbonyl (C=O) groups excluding carboxylic acids is 1. The molecule has 3 N–H and O–H groups in total. The summed E-state index contributed by atoms with van der Waals surface area (Å²) in [5, 5.41) is 28.5. The fourth-order valence-electron chi connectivity index (χ4n) is 2.78. The molecule has 0 aliphatic carbocycles. The zero-order chi connectivity index (χ0) is 19.2. The Labute approximate surface area is 155 Å². The summed E-state index contributed by atoms with van der Waals surface area (Å²) in [6.07, 6.45) is 11.2. The number of phenolic OH excluding ortho intramolecular Hbond substituents is 2. The third-order valence-corrected chi connectivity index (χ3v) is 4.27. The highest BCUT2D eigenvalue weighted by Crippen LogP contribution is 2.37. The van der Waals surface area contributed by atoms with Crippen molar-refractivity contribution < 1.29 is 29.6 Å². The second-order valence-corrected chi connectivity index (χ2v) is 6.44. The SMILES string of the molecule is COC(=O)c1cc(O)c(OCCCCCCCCCCCCO)c(O)c1. The minimum Gasteiger partial charge on any atom is -0.504 e. The van der Waals surface area contributed by atoms with Gasteiger partial charge in [0.1, 0.15) is 0 Å². The highest BCUT2D eigenvalue weighted by atomic mass is 16.5. The van der Waals surface area contributed by atoms with Gasteiger partial charge in [-0.1, -0.05) is 51.4 Å². The fraction of sp³-hybridized carbons (Fsp3) is 0.650. The van der Waals surface area contributed by atoms with Crippen molar-refractivity contribution in [3.63, 3.8) is 0 Å². The molecule has 1 rings (SSSR count). The molecule has 0 aliphatic rings. The molecule has 0 spiro atoms. The molecule has 0 aliphatic heterocycles. The van der Waals surface area contributed by atoms with Gasteiger partial charge >= 0.3 is 5.97 Å². The number of esters is 1. The number of aliphatic hydroxyl groups excluding tert-OH is 1. The van der Waals surface area contributed by atoms with Crippen LogP contribution in [-0.2, 0) is 4.74 Å². The van der Waals surface area contributed by atoms with Gasteiger partial charge in [0.2, 0.25) is 5.75 Å². The number of aromatic hydroxyl groups is 2. The lowest BCUT2D eigenvalue weighted by atomic mass is 10.1. The van der Waals surface area contributed by atoms with Crippen LogP contribution in [0.2, 0.25) is 0 Å². The Morgan fingerprint density at radius 1 is 0.846 bits per heavy atom. The maximum atomic E-state index is 11.4. The number of hydrogen-bond acceptors (Lipinski definition) is 6. The third kappa shape index (κ3) is 8.43. The molecule has 148 valence electrons.